The fourth-order valence-electron chi connectivity index (χ4n) is 0.852. The summed E-state index contributed by atoms with van der Waals surface area (Å²) in [4.78, 5) is 22.0. The molecular formula is C10H16N2O3. The van der Waals surface area contributed by atoms with E-state index in [1.165, 1.54) is 13.8 Å². The molecule has 0 spiro atoms. The summed E-state index contributed by atoms with van der Waals surface area (Å²) in [5, 5.41) is 19.8. The lowest BCUT2D eigenvalue weighted by Crippen LogP contribution is -2.35. The third kappa shape index (κ3) is 5.01. The van der Waals surface area contributed by atoms with Crippen LogP contribution in [0.2, 0.25) is 0 Å². The zero-order chi connectivity index (χ0) is 12.1. The van der Waals surface area contributed by atoms with Gasteiger partial charge in [0.05, 0.1) is 17.4 Å². The second kappa shape index (κ2) is 5.35. The van der Waals surface area contributed by atoms with Gasteiger partial charge in [-0.25, -0.2) is 0 Å². The maximum absolute atomic E-state index is 11.3. The number of rotatable bonds is 5. The maximum atomic E-state index is 11.3. The highest BCUT2D eigenvalue weighted by Gasteiger charge is 2.29. The average molecular weight is 212 g/mol. The van der Waals surface area contributed by atoms with Gasteiger partial charge in [0.25, 0.3) is 0 Å². The number of hydrogen-bond donors (Lipinski definition) is 2. The molecule has 0 saturated carbocycles. The quantitative estimate of drug-likeness (QED) is 0.704. The second-order valence-corrected chi connectivity index (χ2v) is 4.20. The van der Waals surface area contributed by atoms with Crippen molar-refractivity contribution < 1.29 is 14.7 Å². The molecule has 0 aliphatic carbocycles. The summed E-state index contributed by atoms with van der Waals surface area (Å²) in [7, 11) is 0. The lowest BCUT2D eigenvalue weighted by Gasteiger charge is -2.18. The van der Waals surface area contributed by atoms with Gasteiger partial charge in [0, 0.05) is 13.0 Å². The third-order valence-electron chi connectivity index (χ3n) is 2.01. The Morgan fingerprint density at radius 1 is 1.53 bits per heavy atom. The van der Waals surface area contributed by atoms with E-state index in [4.69, 9.17) is 10.4 Å². The molecule has 2 N–H and O–H groups in total. The van der Waals surface area contributed by atoms with Gasteiger partial charge in [-0.2, -0.15) is 5.26 Å². The number of nitrogens with one attached hydrogen (secondary N) is 1. The van der Waals surface area contributed by atoms with Gasteiger partial charge >= 0.3 is 5.97 Å². The first-order valence-corrected chi connectivity index (χ1v) is 4.69. The van der Waals surface area contributed by atoms with E-state index < -0.39 is 11.4 Å². The summed E-state index contributed by atoms with van der Waals surface area (Å²) < 4.78 is 0. The van der Waals surface area contributed by atoms with Gasteiger partial charge in [-0.05, 0) is 20.8 Å². The van der Waals surface area contributed by atoms with Crippen LogP contribution in [0.25, 0.3) is 0 Å². The third-order valence-corrected chi connectivity index (χ3v) is 2.01. The number of amides is 1. The van der Waals surface area contributed by atoms with Crippen molar-refractivity contribution in [2.24, 2.45) is 11.3 Å². The van der Waals surface area contributed by atoms with Gasteiger partial charge in [-0.1, -0.05) is 0 Å². The Labute approximate surface area is 89.1 Å². The number of hydrogen-bond acceptors (Lipinski definition) is 3. The second-order valence-electron chi connectivity index (χ2n) is 4.20. The van der Waals surface area contributed by atoms with Gasteiger partial charge in [0.15, 0.2) is 0 Å². The predicted molar refractivity (Wildman–Crippen MR) is 53.8 cm³/mol. The Balaban J connectivity index is 4.06. The summed E-state index contributed by atoms with van der Waals surface area (Å²) in [6, 6.07) is 1.97. The van der Waals surface area contributed by atoms with Crippen molar-refractivity contribution in [3.8, 4) is 6.07 Å². The highest BCUT2D eigenvalue weighted by Crippen LogP contribution is 2.19. The van der Waals surface area contributed by atoms with Gasteiger partial charge < -0.3 is 10.4 Å². The molecule has 0 aliphatic heterocycles. The molecule has 0 bridgehead atoms. The zero-order valence-electron chi connectivity index (χ0n) is 9.20. The maximum Gasteiger partial charge on any atom is 0.309 e. The van der Waals surface area contributed by atoms with Crippen LogP contribution in [0.1, 0.15) is 27.2 Å². The van der Waals surface area contributed by atoms with Crippen LogP contribution in [0.3, 0.4) is 0 Å². The molecule has 5 nitrogen and oxygen atoms in total. The number of nitrogens with zero attached hydrogens (tertiary/aromatic N) is 1. The molecule has 0 rings (SSSR count). The van der Waals surface area contributed by atoms with Crippen LogP contribution in [0.4, 0.5) is 0 Å². The van der Waals surface area contributed by atoms with E-state index in [1.807, 2.05) is 6.07 Å². The van der Waals surface area contributed by atoms with Crippen LogP contribution in [0, 0.1) is 22.7 Å². The van der Waals surface area contributed by atoms with Gasteiger partial charge in [-0.3, -0.25) is 9.59 Å². The molecule has 1 unspecified atom stereocenters. The van der Waals surface area contributed by atoms with Crippen LogP contribution < -0.4 is 5.32 Å². The Morgan fingerprint density at radius 2 is 2.07 bits per heavy atom. The summed E-state index contributed by atoms with van der Waals surface area (Å²) in [6.45, 7) is 4.92. The van der Waals surface area contributed by atoms with Crippen LogP contribution in [0.5, 0.6) is 0 Å². The van der Waals surface area contributed by atoms with Gasteiger partial charge in [0.2, 0.25) is 5.91 Å². The fourth-order valence-corrected chi connectivity index (χ4v) is 0.852. The Hall–Kier alpha value is -1.57. The normalized spacial score (nSPS) is 12.7. The van der Waals surface area contributed by atoms with Crippen molar-refractivity contribution in [2.75, 3.05) is 6.54 Å². The molecule has 0 saturated heterocycles. The predicted octanol–water partition coefficient (Wildman–Crippen LogP) is 0.763. The number of nitriles is 1. The van der Waals surface area contributed by atoms with Crippen molar-refractivity contribution in [3.63, 3.8) is 0 Å². The Kier molecular flexibility index (Phi) is 4.79. The number of carbonyl (C=O) groups excluding carboxylic acids is 1. The first-order valence-electron chi connectivity index (χ1n) is 4.69. The summed E-state index contributed by atoms with van der Waals surface area (Å²) in [5.74, 6) is -1.61. The van der Waals surface area contributed by atoms with E-state index in [0.717, 1.165) is 0 Å². The molecule has 5 heteroatoms. The number of carbonyl (C=O) groups is 2. The van der Waals surface area contributed by atoms with E-state index in [2.05, 4.69) is 5.32 Å². The molecule has 0 heterocycles. The average Bonchev–Trinajstić information content (AvgIpc) is 2.13. The summed E-state index contributed by atoms with van der Waals surface area (Å²) in [5.41, 5.74) is -1.07. The lowest BCUT2D eigenvalue weighted by molar-refractivity contribution is -0.149. The van der Waals surface area contributed by atoms with E-state index in [1.54, 1.807) is 6.92 Å². The van der Waals surface area contributed by atoms with Crippen LogP contribution in [0.15, 0.2) is 0 Å². The number of aliphatic carboxylic acids is 1. The SMILES string of the molecule is CC(C#N)CNC(=O)CC(C)(C)C(=O)O. The molecule has 1 amide bonds. The molecule has 0 aliphatic rings. The summed E-state index contributed by atoms with van der Waals surface area (Å²) in [6.07, 6.45) is -0.0829. The van der Waals surface area contributed by atoms with Crippen molar-refractivity contribution in [3.05, 3.63) is 0 Å². The largest absolute Gasteiger partial charge is 0.481 e. The highest BCUT2D eigenvalue weighted by atomic mass is 16.4. The minimum absolute atomic E-state index is 0.0829. The monoisotopic (exact) mass is 212 g/mol. The molecule has 0 fully saturated rings. The molecule has 0 aromatic heterocycles. The minimum Gasteiger partial charge on any atom is -0.481 e. The molecule has 0 aromatic carbocycles. The van der Waals surface area contributed by atoms with Crippen LogP contribution >= 0.6 is 0 Å². The van der Waals surface area contributed by atoms with Crippen LogP contribution in [-0.4, -0.2) is 23.5 Å². The van der Waals surface area contributed by atoms with Gasteiger partial charge in [-0.15, -0.1) is 0 Å². The molecule has 0 aromatic rings. The standard InChI is InChI=1S/C10H16N2O3/c1-7(5-11)6-12-8(13)4-10(2,3)9(14)15/h7H,4,6H2,1-3H3,(H,12,13)(H,14,15). The number of carboxylic acids is 1. The van der Waals surface area contributed by atoms with E-state index in [0.29, 0.717) is 0 Å². The van der Waals surface area contributed by atoms with E-state index in [-0.39, 0.29) is 24.8 Å². The van der Waals surface area contributed by atoms with Crippen molar-refractivity contribution >= 4 is 11.9 Å². The first-order chi connectivity index (χ1) is 6.79. The lowest BCUT2D eigenvalue weighted by atomic mass is 9.89. The molecule has 15 heavy (non-hydrogen) atoms. The molecule has 84 valence electrons. The molecule has 0 radical (unpaired) electrons. The Morgan fingerprint density at radius 3 is 2.47 bits per heavy atom. The van der Waals surface area contributed by atoms with Crippen LogP contribution in [-0.2, 0) is 9.59 Å². The van der Waals surface area contributed by atoms with E-state index >= 15 is 0 Å². The molecular weight excluding hydrogens is 196 g/mol. The zero-order valence-corrected chi connectivity index (χ0v) is 9.20. The Bertz CT molecular complexity index is 292. The van der Waals surface area contributed by atoms with E-state index in [9.17, 15) is 9.59 Å². The smallest absolute Gasteiger partial charge is 0.309 e. The molecule has 1 atom stereocenters. The highest BCUT2D eigenvalue weighted by molar-refractivity contribution is 5.84. The van der Waals surface area contributed by atoms with Crippen molar-refractivity contribution in [1.82, 2.24) is 5.32 Å². The van der Waals surface area contributed by atoms with Crippen molar-refractivity contribution in [2.45, 2.75) is 27.2 Å². The summed E-state index contributed by atoms with van der Waals surface area (Å²) >= 11 is 0. The number of carboxylic acid groups (broad SMARTS) is 1. The van der Waals surface area contributed by atoms with Gasteiger partial charge in [0.1, 0.15) is 0 Å². The topological polar surface area (TPSA) is 90.2 Å². The first kappa shape index (κ1) is 13.4. The minimum atomic E-state index is -1.07. The van der Waals surface area contributed by atoms with Crippen molar-refractivity contribution in [1.29, 1.82) is 5.26 Å². The fraction of sp³-hybridized carbons (Fsp3) is 0.700.